The smallest absolute Gasteiger partial charge is 0.309 e. The third-order valence-corrected chi connectivity index (χ3v) is 2.68. The van der Waals surface area contributed by atoms with Crippen molar-refractivity contribution in [3.05, 3.63) is 12.2 Å². The number of hydrogen-bond acceptors (Lipinski definition) is 4. The zero-order valence-electron chi connectivity index (χ0n) is 9.06. The molecule has 0 N–H and O–H groups in total. The van der Waals surface area contributed by atoms with Crippen LogP contribution in [0, 0.1) is 11.8 Å². The van der Waals surface area contributed by atoms with Crippen molar-refractivity contribution < 1.29 is 19.1 Å². The lowest BCUT2D eigenvalue weighted by Gasteiger charge is -2.18. The Bertz CT molecular complexity index is 270. The number of allylic oxidation sites excluding steroid dienone is 2. The summed E-state index contributed by atoms with van der Waals surface area (Å²) < 4.78 is 9.25. The Morgan fingerprint density at radius 2 is 2.13 bits per heavy atom. The molecule has 0 amide bonds. The maximum absolute atomic E-state index is 11.5. The number of carbonyl (C=O) groups is 2. The summed E-state index contributed by atoms with van der Waals surface area (Å²) >= 11 is 0. The lowest BCUT2D eigenvalue weighted by atomic mass is 9.89. The second-order valence-corrected chi connectivity index (χ2v) is 3.58. The third kappa shape index (κ3) is 3.08. The Hall–Kier alpha value is -1.32. The van der Waals surface area contributed by atoms with E-state index in [9.17, 15) is 9.59 Å². The molecule has 0 spiro atoms. The van der Waals surface area contributed by atoms with E-state index >= 15 is 0 Å². The molecule has 0 heterocycles. The first kappa shape index (κ1) is 11.8. The van der Waals surface area contributed by atoms with Crippen LogP contribution in [0.3, 0.4) is 0 Å². The zero-order chi connectivity index (χ0) is 11.3. The summed E-state index contributed by atoms with van der Waals surface area (Å²) in [4.78, 5) is 22.6. The van der Waals surface area contributed by atoms with E-state index in [4.69, 9.17) is 0 Å². The van der Waals surface area contributed by atoms with Gasteiger partial charge >= 0.3 is 11.9 Å². The predicted molar refractivity (Wildman–Crippen MR) is 54.0 cm³/mol. The Balaban J connectivity index is 2.64. The first-order valence-corrected chi connectivity index (χ1v) is 5.00. The second-order valence-electron chi connectivity index (χ2n) is 3.58. The zero-order valence-corrected chi connectivity index (χ0v) is 9.06. The van der Waals surface area contributed by atoms with Crippen molar-refractivity contribution in [2.75, 3.05) is 14.2 Å². The summed E-state index contributed by atoms with van der Waals surface area (Å²) in [5.41, 5.74) is 0. The van der Waals surface area contributed by atoms with E-state index in [0.29, 0.717) is 0 Å². The van der Waals surface area contributed by atoms with Gasteiger partial charge < -0.3 is 9.47 Å². The quantitative estimate of drug-likeness (QED) is 0.520. The predicted octanol–water partition coefficient (Wildman–Crippen LogP) is 1.30. The number of rotatable bonds is 4. The van der Waals surface area contributed by atoms with Crippen LogP contribution in [0.4, 0.5) is 0 Å². The Morgan fingerprint density at radius 1 is 1.40 bits per heavy atom. The molecule has 0 fully saturated rings. The molecular weight excluding hydrogens is 196 g/mol. The fourth-order valence-electron chi connectivity index (χ4n) is 1.81. The van der Waals surface area contributed by atoms with Crippen LogP contribution in [0.5, 0.6) is 0 Å². The lowest BCUT2D eigenvalue weighted by Crippen LogP contribution is -2.26. The van der Waals surface area contributed by atoms with Crippen LogP contribution in [-0.2, 0) is 19.1 Å². The maximum atomic E-state index is 11.5. The molecule has 0 radical (unpaired) electrons. The highest BCUT2D eigenvalue weighted by Crippen LogP contribution is 2.28. The van der Waals surface area contributed by atoms with E-state index in [0.717, 1.165) is 12.8 Å². The van der Waals surface area contributed by atoms with Crippen molar-refractivity contribution in [3.63, 3.8) is 0 Å². The molecule has 0 saturated heterocycles. The van der Waals surface area contributed by atoms with Crippen LogP contribution >= 0.6 is 0 Å². The summed E-state index contributed by atoms with van der Waals surface area (Å²) in [6.07, 6.45) is 5.96. The summed E-state index contributed by atoms with van der Waals surface area (Å²) in [5, 5.41) is 0. The van der Waals surface area contributed by atoms with Gasteiger partial charge in [0.25, 0.3) is 0 Å². The third-order valence-electron chi connectivity index (χ3n) is 2.68. The minimum absolute atomic E-state index is 0.0954. The van der Waals surface area contributed by atoms with E-state index < -0.39 is 5.92 Å². The van der Waals surface area contributed by atoms with Gasteiger partial charge in [-0.2, -0.15) is 0 Å². The first-order chi connectivity index (χ1) is 7.19. The second kappa shape index (κ2) is 5.53. The van der Waals surface area contributed by atoms with Crippen molar-refractivity contribution >= 4 is 11.9 Å². The Labute approximate surface area is 89.2 Å². The molecule has 2 atom stereocenters. The topological polar surface area (TPSA) is 52.6 Å². The highest BCUT2D eigenvalue weighted by Gasteiger charge is 2.31. The number of ether oxygens (including phenoxy) is 2. The minimum Gasteiger partial charge on any atom is -0.469 e. The van der Waals surface area contributed by atoms with E-state index in [-0.39, 0.29) is 24.3 Å². The van der Waals surface area contributed by atoms with Crippen molar-refractivity contribution in [1.29, 1.82) is 0 Å². The van der Waals surface area contributed by atoms with Gasteiger partial charge in [-0.25, -0.2) is 0 Å². The van der Waals surface area contributed by atoms with Gasteiger partial charge in [-0.15, -0.1) is 0 Å². The van der Waals surface area contributed by atoms with Crippen molar-refractivity contribution in [2.24, 2.45) is 11.8 Å². The molecule has 0 aromatic rings. The number of hydrogen-bond donors (Lipinski definition) is 0. The van der Waals surface area contributed by atoms with E-state index in [1.54, 1.807) is 0 Å². The van der Waals surface area contributed by atoms with Crippen molar-refractivity contribution in [2.45, 2.75) is 19.3 Å². The molecule has 1 aliphatic rings. The highest BCUT2D eigenvalue weighted by molar-refractivity contribution is 5.80. The van der Waals surface area contributed by atoms with Crippen LogP contribution in [0.15, 0.2) is 12.2 Å². The molecule has 0 aromatic heterocycles. The van der Waals surface area contributed by atoms with Gasteiger partial charge in [-0.05, 0) is 18.8 Å². The van der Waals surface area contributed by atoms with Gasteiger partial charge in [0.2, 0.25) is 0 Å². The normalized spacial score (nSPS) is 21.1. The standard InChI is InChI=1S/C11H16O4/c1-14-10(12)7-9(11(13)15-2)8-5-3-4-6-8/h3,5,8-9H,4,6-7H2,1-2H3. The molecule has 1 aliphatic carbocycles. The maximum Gasteiger partial charge on any atom is 0.309 e. The molecule has 0 aliphatic heterocycles. The molecule has 0 saturated carbocycles. The van der Waals surface area contributed by atoms with Gasteiger partial charge in [-0.1, -0.05) is 12.2 Å². The monoisotopic (exact) mass is 212 g/mol. The van der Waals surface area contributed by atoms with E-state index in [1.807, 2.05) is 12.2 Å². The molecule has 84 valence electrons. The molecular formula is C11H16O4. The summed E-state index contributed by atoms with van der Waals surface area (Å²) in [5.74, 6) is -1.000. The summed E-state index contributed by atoms with van der Waals surface area (Å²) in [6.45, 7) is 0. The van der Waals surface area contributed by atoms with Crippen LogP contribution < -0.4 is 0 Å². The number of methoxy groups -OCH3 is 2. The average molecular weight is 212 g/mol. The van der Waals surface area contributed by atoms with Crippen molar-refractivity contribution in [3.8, 4) is 0 Å². The molecule has 0 bridgehead atoms. The van der Waals surface area contributed by atoms with Gasteiger partial charge in [0.1, 0.15) is 0 Å². The van der Waals surface area contributed by atoms with Crippen LogP contribution in [0.25, 0.3) is 0 Å². The number of carbonyl (C=O) groups excluding carboxylic acids is 2. The largest absolute Gasteiger partial charge is 0.469 e. The van der Waals surface area contributed by atoms with Gasteiger partial charge in [0, 0.05) is 0 Å². The molecule has 4 nitrogen and oxygen atoms in total. The summed E-state index contributed by atoms with van der Waals surface area (Å²) in [7, 11) is 2.66. The lowest BCUT2D eigenvalue weighted by molar-refractivity contribution is -0.153. The van der Waals surface area contributed by atoms with Crippen molar-refractivity contribution in [1.82, 2.24) is 0 Å². The fourth-order valence-corrected chi connectivity index (χ4v) is 1.81. The molecule has 1 rings (SSSR count). The molecule has 4 heteroatoms. The number of esters is 2. The minimum atomic E-state index is -0.402. The Morgan fingerprint density at radius 3 is 2.60 bits per heavy atom. The molecule has 2 unspecified atom stereocenters. The van der Waals surface area contributed by atoms with E-state index in [2.05, 4.69) is 9.47 Å². The highest BCUT2D eigenvalue weighted by atomic mass is 16.5. The van der Waals surface area contributed by atoms with Gasteiger partial charge in [-0.3, -0.25) is 9.59 Å². The Kier molecular flexibility index (Phi) is 4.34. The van der Waals surface area contributed by atoms with Crippen LogP contribution in [0.1, 0.15) is 19.3 Å². The average Bonchev–Trinajstić information content (AvgIpc) is 2.77. The fraction of sp³-hybridized carbons (Fsp3) is 0.636. The van der Waals surface area contributed by atoms with Crippen LogP contribution in [-0.4, -0.2) is 26.2 Å². The van der Waals surface area contributed by atoms with Gasteiger partial charge in [0.05, 0.1) is 26.6 Å². The first-order valence-electron chi connectivity index (χ1n) is 5.00. The van der Waals surface area contributed by atoms with E-state index in [1.165, 1.54) is 14.2 Å². The molecule has 15 heavy (non-hydrogen) atoms. The van der Waals surface area contributed by atoms with Gasteiger partial charge in [0.15, 0.2) is 0 Å². The SMILES string of the molecule is COC(=O)CC(C(=O)OC)C1C=CCC1. The van der Waals surface area contributed by atoms with Crippen LogP contribution in [0.2, 0.25) is 0 Å². The summed E-state index contributed by atoms with van der Waals surface area (Å²) in [6, 6.07) is 0. The molecule has 0 aromatic carbocycles.